The number of nitrogens with one attached hydrogen (secondary N) is 1. The summed E-state index contributed by atoms with van der Waals surface area (Å²) in [5, 5.41) is 4.04. The van der Waals surface area contributed by atoms with Crippen LogP contribution in [-0.2, 0) is 11.2 Å². The summed E-state index contributed by atoms with van der Waals surface area (Å²) < 4.78 is 5.28. The van der Waals surface area contributed by atoms with Crippen LogP contribution in [0.5, 0.6) is 0 Å². The number of pyridine rings is 1. The lowest BCUT2D eigenvalue weighted by molar-refractivity contribution is 0.145. The Morgan fingerprint density at radius 2 is 2.16 bits per heavy atom. The molecule has 19 heavy (non-hydrogen) atoms. The lowest BCUT2D eigenvalue weighted by Crippen LogP contribution is -2.38. The van der Waals surface area contributed by atoms with Crippen molar-refractivity contribution in [3.63, 3.8) is 0 Å². The number of hydrogen-bond acceptors (Lipinski definition) is 3. The Morgan fingerprint density at radius 3 is 2.84 bits per heavy atom. The average Bonchev–Trinajstić information content (AvgIpc) is 2.45. The first kappa shape index (κ1) is 15.9. The fourth-order valence-corrected chi connectivity index (χ4v) is 1.79. The normalized spacial score (nSPS) is 10.2. The molecule has 0 saturated heterocycles. The molecule has 0 spiro atoms. The maximum absolute atomic E-state index is 5.33. The highest BCUT2D eigenvalue weighted by molar-refractivity contribution is 7.80. The summed E-state index contributed by atoms with van der Waals surface area (Å²) in [6.07, 6.45) is 5.59. The van der Waals surface area contributed by atoms with Gasteiger partial charge in [0, 0.05) is 45.7 Å². The van der Waals surface area contributed by atoms with E-state index in [-0.39, 0.29) is 0 Å². The smallest absolute Gasteiger partial charge is 0.168 e. The van der Waals surface area contributed by atoms with E-state index in [0.29, 0.717) is 0 Å². The molecule has 0 unspecified atom stereocenters. The molecule has 4 nitrogen and oxygen atoms in total. The molecule has 0 aromatic carbocycles. The number of nitrogens with zero attached hydrogens (tertiary/aromatic N) is 2. The molecule has 0 saturated carbocycles. The van der Waals surface area contributed by atoms with Crippen LogP contribution in [-0.4, -0.2) is 48.3 Å². The van der Waals surface area contributed by atoms with Crippen LogP contribution >= 0.6 is 12.2 Å². The van der Waals surface area contributed by atoms with E-state index in [1.165, 1.54) is 5.56 Å². The lowest BCUT2D eigenvalue weighted by Gasteiger charge is -2.21. The number of aromatic nitrogens is 1. The van der Waals surface area contributed by atoms with Crippen molar-refractivity contribution in [1.29, 1.82) is 0 Å². The summed E-state index contributed by atoms with van der Waals surface area (Å²) >= 11 is 5.33. The number of thiocarbonyl (C=S) groups is 1. The summed E-state index contributed by atoms with van der Waals surface area (Å²) in [5.41, 5.74) is 1.28. The van der Waals surface area contributed by atoms with Crippen molar-refractivity contribution in [1.82, 2.24) is 15.2 Å². The zero-order valence-electron chi connectivity index (χ0n) is 11.8. The molecule has 1 aromatic heterocycles. The molecule has 1 N–H and O–H groups in total. The van der Waals surface area contributed by atoms with Gasteiger partial charge >= 0.3 is 0 Å². The highest BCUT2D eigenvalue weighted by Crippen LogP contribution is 1.99. The second-order valence-electron chi connectivity index (χ2n) is 4.31. The number of hydrogen-bond donors (Lipinski definition) is 1. The van der Waals surface area contributed by atoms with Crippen LogP contribution in [0.3, 0.4) is 0 Å². The molecule has 0 fully saturated rings. The third-order valence-corrected chi connectivity index (χ3v) is 3.23. The Hall–Kier alpha value is -1.20. The van der Waals surface area contributed by atoms with Gasteiger partial charge in [0.25, 0.3) is 0 Å². The average molecular weight is 281 g/mol. The van der Waals surface area contributed by atoms with Crippen molar-refractivity contribution in [3.05, 3.63) is 30.1 Å². The van der Waals surface area contributed by atoms with Gasteiger partial charge in [-0.1, -0.05) is 0 Å². The Labute approximate surface area is 121 Å². The second kappa shape index (κ2) is 9.69. The first-order valence-electron chi connectivity index (χ1n) is 6.69. The molecule has 0 bridgehead atoms. The molecule has 1 aromatic rings. The van der Waals surface area contributed by atoms with Crippen LogP contribution < -0.4 is 5.32 Å². The largest absolute Gasteiger partial charge is 0.382 e. The third-order valence-electron chi connectivity index (χ3n) is 2.78. The van der Waals surface area contributed by atoms with Crippen LogP contribution in [0.1, 0.15) is 18.9 Å². The third kappa shape index (κ3) is 7.08. The molecule has 5 heteroatoms. The van der Waals surface area contributed by atoms with Crippen LogP contribution in [0.25, 0.3) is 0 Å². The zero-order chi connectivity index (χ0) is 13.9. The molecule has 1 rings (SSSR count). The van der Waals surface area contributed by atoms with Gasteiger partial charge in [-0.3, -0.25) is 4.98 Å². The standard InChI is InChI=1S/C14H23N3OS/c1-3-18-12-4-8-16-14(19)17(2)11-7-13-5-9-15-10-6-13/h5-6,9-10H,3-4,7-8,11-12H2,1-2H3,(H,16,19). The van der Waals surface area contributed by atoms with Crippen molar-refractivity contribution < 1.29 is 4.74 Å². The minimum atomic E-state index is 0.774. The van der Waals surface area contributed by atoms with E-state index in [1.807, 2.05) is 38.5 Å². The first-order valence-corrected chi connectivity index (χ1v) is 7.10. The van der Waals surface area contributed by atoms with Crippen LogP contribution in [0.2, 0.25) is 0 Å². The number of rotatable bonds is 8. The van der Waals surface area contributed by atoms with Gasteiger partial charge in [-0.2, -0.15) is 0 Å². The molecule has 1 heterocycles. The maximum Gasteiger partial charge on any atom is 0.168 e. The van der Waals surface area contributed by atoms with E-state index in [0.717, 1.165) is 44.3 Å². The van der Waals surface area contributed by atoms with E-state index in [1.54, 1.807) is 0 Å². The van der Waals surface area contributed by atoms with Crippen LogP contribution in [0, 0.1) is 0 Å². The van der Waals surface area contributed by atoms with E-state index >= 15 is 0 Å². The minimum absolute atomic E-state index is 0.774. The van der Waals surface area contributed by atoms with E-state index in [2.05, 4.69) is 15.2 Å². The summed E-state index contributed by atoms with van der Waals surface area (Å²) in [6, 6.07) is 4.07. The molecular formula is C14H23N3OS. The lowest BCUT2D eigenvalue weighted by atomic mass is 10.2. The predicted octanol–water partition coefficient (Wildman–Crippen LogP) is 1.86. The van der Waals surface area contributed by atoms with Gasteiger partial charge in [-0.25, -0.2) is 0 Å². The fraction of sp³-hybridized carbons (Fsp3) is 0.571. The SMILES string of the molecule is CCOCCCNC(=S)N(C)CCc1ccncc1. The van der Waals surface area contributed by atoms with Gasteiger partial charge in [-0.05, 0) is 49.7 Å². The molecule has 0 radical (unpaired) electrons. The summed E-state index contributed by atoms with van der Waals surface area (Å²) in [4.78, 5) is 6.07. The quantitative estimate of drug-likeness (QED) is 0.581. The maximum atomic E-state index is 5.33. The second-order valence-corrected chi connectivity index (χ2v) is 4.70. The molecule has 106 valence electrons. The Bertz CT molecular complexity index is 359. The van der Waals surface area contributed by atoms with Crippen LogP contribution in [0.4, 0.5) is 0 Å². The summed E-state index contributed by atoms with van der Waals surface area (Å²) in [5.74, 6) is 0. The molecule has 0 aliphatic rings. The van der Waals surface area contributed by atoms with Gasteiger partial charge in [0.05, 0.1) is 0 Å². The molecule has 0 aliphatic carbocycles. The summed E-state index contributed by atoms with van der Waals surface area (Å²) in [6.45, 7) is 5.33. The molecule has 0 aliphatic heterocycles. The predicted molar refractivity (Wildman–Crippen MR) is 82.3 cm³/mol. The van der Waals surface area contributed by atoms with Gasteiger partial charge in [0.2, 0.25) is 0 Å². The summed E-state index contributed by atoms with van der Waals surface area (Å²) in [7, 11) is 2.01. The van der Waals surface area contributed by atoms with Crippen molar-refractivity contribution >= 4 is 17.3 Å². The highest BCUT2D eigenvalue weighted by atomic mass is 32.1. The Kier molecular flexibility index (Phi) is 8.09. The fourth-order valence-electron chi connectivity index (χ4n) is 1.60. The monoisotopic (exact) mass is 281 g/mol. The Balaban J connectivity index is 2.14. The van der Waals surface area contributed by atoms with Gasteiger partial charge < -0.3 is 15.0 Å². The van der Waals surface area contributed by atoms with Gasteiger partial charge in [0.15, 0.2) is 5.11 Å². The molecule has 0 amide bonds. The zero-order valence-corrected chi connectivity index (χ0v) is 12.6. The molecular weight excluding hydrogens is 258 g/mol. The Morgan fingerprint density at radius 1 is 1.42 bits per heavy atom. The number of ether oxygens (including phenoxy) is 1. The van der Waals surface area contributed by atoms with Gasteiger partial charge in [0.1, 0.15) is 0 Å². The van der Waals surface area contributed by atoms with Crippen LogP contribution in [0.15, 0.2) is 24.5 Å². The highest BCUT2D eigenvalue weighted by Gasteiger charge is 2.03. The van der Waals surface area contributed by atoms with Crippen molar-refractivity contribution in [2.45, 2.75) is 19.8 Å². The van der Waals surface area contributed by atoms with Crippen molar-refractivity contribution in [2.75, 3.05) is 33.4 Å². The van der Waals surface area contributed by atoms with Crippen molar-refractivity contribution in [3.8, 4) is 0 Å². The molecule has 0 atom stereocenters. The van der Waals surface area contributed by atoms with E-state index in [4.69, 9.17) is 17.0 Å². The topological polar surface area (TPSA) is 37.4 Å². The first-order chi connectivity index (χ1) is 9.24. The van der Waals surface area contributed by atoms with Gasteiger partial charge in [-0.15, -0.1) is 0 Å². The number of likely N-dealkylation sites (N-methyl/N-ethyl adjacent to an activating group) is 1. The minimum Gasteiger partial charge on any atom is -0.382 e. The van der Waals surface area contributed by atoms with E-state index in [9.17, 15) is 0 Å². The van der Waals surface area contributed by atoms with Crippen molar-refractivity contribution in [2.24, 2.45) is 0 Å². The van der Waals surface area contributed by atoms with E-state index < -0.39 is 0 Å².